The monoisotopic (exact) mass is 625 g/mol. The van der Waals surface area contributed by atoms with Crippen molar-refractivity contribution in [2.45, 2.75) is 77.4 Å². The van der Waals surface area contributed by atoms with Gasteiger partial charge in [-0.05, 0) is 111 Å². The Bertz CT molecular complexity index is 1790. The van der Waals surface area contributed by atoms with E-state index in [2.05, 4.69) is 12.7 Å². The number of carbonyl (C=O) groups is 1. The molecule has 3 aromatic carbocycles. The average Bonchev–Trinajstić information content (AvgIpc) is 3.76. The second-order valence-corrected chi connectivity index (χ2v) is 13.2. The number of amides is 1. The minimum absolute atomic E-state index is 0.0305. The number of halogens is 3. The Morgan fingerprint density at radius 3 is 2.43 bits per heavy atom. The summed E-state index contributed by atoms with van der Waals surface area (Å²) in [5.41, 5.74) is 6.67. The molecule has 0 bridgehead atoms. The Morgan fingerprint density at radius 2 is 1.76 bits per heavy atom. The van der Waals surface area contributed by atoms with Crippen LogP contribution in [0.1, 0.15) is 103 Å². The lowest BCUT2D eigenvalue weighted by Crippen LogP contribution is -2.38. The predicted octanol–water partition coefficient (Wildman–Crippen LogP) is 10.1. The van der Waals surface area contributed by atoms with Crippen molar-refractivity contribution in [2.75, 3.05) is 13.1 Å². The van der Waals surface area contributed by atoms with Gasteiger partial charge in [0.1, 0.15) is 5.82 Å². The highest BCUT2D eigenvalue weighted by molar-refractivity contribution is 5.95. The molecule has 0 N–H and O–H groups in total. The fraction of sp³-hybridized carbons (Fsp3) is 0.385. The van der Waals surface area contributed by atoms with Gasteiger partial charge in [-0.15, -0.1) is 0 Å². The molecule has 1 aromatic heterocycles. The zero-order chi connectivity index (χ0) is 32.6. The van der Waals surface area contributed by atoms with E-state index < -0.39 is 12.2 Å². The van der Waals surface area contributed by atoms with Crippen LogP contribution in [0.5, 0.6) is 0 Å². The summed E-state index contributed by atoms with van der Waals surface area (Å²) in [6.45, 7) is 9.80. The molecule has 240 valence electrons. The molecular formula is C39H42F3N3O. The van der Waals surface area contributed by atoms with E-state index in [1.807, 2.05) is 60.4 Å². The van der Waals surface area contributed by atoms with E-state index in [9.17, 15) is 18.0 Å². The van der Waals surface area contributed by atoms with Gasteiger partial charge in [0.25, 0.3) is 11.8 Å². The van der Waals surface area contributed by atoms with E-state index in [4.69, 9.17) is 4.98 Å². The van der Waals surface area contributed by atoms with Gasteiger partial charge in [-0.25, -0.2) is 18.2 Å². The molecule has 1 aliphatic heterocycles. The van der Waals surface area contributed by atoms with Crippen molar-refractivity contribution in [2.24, 2.45) is 5.92 Å². The van der Waals surface area contributed by atoms with Gasteiger partial charge in [-0.2, -0.15) is 0 Å². The van der Waals surface area contributed by atoms with E-state index in [0.29, 0.717) is 37.9 Å². The van der Waals surface area contributed by atoms with Crippen LogP contribution in [0.3, 0.4) is 0 Å². The zero-order valence-electron chi connectivity index (χ0n) is 26.9. The molecule has 1 aliphatic carbocycles. The highest BCUT2D eigenvalue weighted by Gasteiger charge is 2.30. The van der Waals surface area contributed by atoms with E-state index in [1.165, 1.54) is 25.8 Å². The van der Waals surface area contributed by atoms with Gasteiger partial charge >= 0.3 is 0 Å². The van der Waals surface area contributed by atoms with E-state index in [0.717, 1.165) is 64.0 Å². The third kappa shape index (κ3) is 6.84. The lowest BCUT2D eigenvalue weighted by atomic mass is 9.89. The Labute approximate surface area is 269 Å². The first-order valence-corrected chi connectivity index (χ1v) is 16.4. The number of benzene rings is 3. The molecular weight excluding hydrogens is 583 g/mol. The first-order valence-electron chi connectivity index (χ1n) is 16.4. The van der Waals surface area contributed by atoms with Crippen molar-refractivity contribution in [1.82, 2.24) is 14.5 Å². The molecule has 1 amide bonds. The maximum atomic E-state index is 14.7. The summed E-state index contributed by atoms with van der Waals surface area (Å²) in [4.78, 5) is 20.3. The van der Waals surface area contributed by atoms with Gasteiger partial charge < -0.3 is 4.90 Å². The molecule has 0 spiro atoms. The molecule has 1 atom stereocenters. The number of imidazole rings is 1. The molecule has 4 aromatic rings. The number of nitrogens with zero attached hydrogens (tertiary/aromatic N) is 3. The smallest absolute Gasteiger partial charge is 0.270 e. The van der Waals surface area contributed by atoms with E-state index in [1.54, 1.807) is 16.7 Å². The number of allylic oxidation sites excluding steroid dienone is 2. The normalized spacial score (nSPS) is 17.0. The zero-order valence-corrected chi connectivity index (χ0v) is 26.9. The molecule has 2 heterocycles. The molecule has 4 nitrogen and oxygen atoms in total. The highest BCUT2D eigenvalue weighted by Crippen LogP contribution is 2.38. The minimum atomic E-state index is -2.95. The maximum absolute atomic E-state index is 14.7. The Kier molecular flexibility index (Phi) is 8.95. The quantitative estimate of drug-likeness (QED) is 0.165. The number of aromatic nitrogens is 2. The number of fused-ring (bicyclic) bond motifs is 1. The summed E-state index contributed by atoms with van der Waals surface area (Å²) in [7, 11) is 0. The van der Waals surface area contributed by atoms with Crippen molar-refractivity contribution < 1.29 is 18.0 Å². The van der Waals surface area contributed by atoms with Crippen LogP contribution in [-0.2, 0) is 5.92 Å². The number of piperidine rings is 1. The topological polar surface area (TPSA) is 38.1 Å². The SMILES string of the molecule is C=C(C/C=C(/c1cccc(C(C)(F)F)c1)c1ccc(C(=O)N2CCC(c3nc4ccccc4n3C(C)F)CC2)cc1C)CC1CC1. The molecule has 6 rings (SSSR count). The summed E-state index contributed by atoms with van der Waals surface area (Å²) in [5, 5.41) is 0. The van der Waals surface area contributed by atoms with Crippen molar-refractivity contribution in [3.05, 3.63) is 119 Å². The van der Waals surface area contributed by atoms with Gasteiger partial charge in [0, 0.05) is 37.1 Å². The fourth-order valence-corrected chi connectivity index (χ4v) is 6.75. The van der Waals surface area contributed by atoms with Crippen LogP contribution < -0.4 is 0 Å². The number of alkyl halides is 3. The summed E-state index contributed by atoms with van der Waals surface area (Å²) in [6, 6.07) is 19.8. The first-order chi connectivity index (χ1) is 22.0. The van der Waals surface area contributed by atoms with Gasteiger partial charge in [-0.1, -0.05) is 54.6 Å². The summed E-state index contributed by atoms with van der Waals surface area (Å²) in [5.74, 6) is -1.47. The lowest BCUT2D eigenvalue weighted by Gasteiger charge is -2.32. The maximum Gasteiger partial charge on any atom is 0.270 e. The molecule has 1 unspecified atom stereocenters. The van der Waals surface area contributed by atoms with E-state index in [-0.39, 0.29) is 17.4 Å². The third-order valence-corrected chi connectivity index (χ3v) is 9.44. The van der Waals surface area contributed by atoms with Crippen molar-refractivity contribution in [1.29, 1.82) is 0 Å². The first kappa shape index (κ1) is 31.8. The number of carbonyl (C=O) groups excluding carboxylic acids is 1. The largest absolute Gasteiger partial charge is 0.339 e. The Morgan fingerprint density at radius 1 is 1.02 bits per heavy atom. The predicted molar refractivity (Wildman–Crippen MR) is 179 cm³/mol. The van der Waals surface area contributed by atoms with Crippen molar-refractivity contribution in [3.63, 3.8) is 0 Å². The number of hydrogen-bond donors (Lipinski definition) is 0. The molecule has 2 fully saturated rings. The standard InChI is InChI=1S/C39H42F3N3O/c1-25(22-28-13-14-28)12-16-34(30-8-7-9-32(24-30)39(4,41)42)33-17-15-31(23-26(33)2)38(46)44-20-18-29(19-21-44)37-43-35-10-5-6-11-36(35)45(37)27(3)40/h5-11,15-17,23-24,27-29H,1,12-14,18-22H2,2-4H3/b34-16-. The molecule has 2 aliphatic rings. The lowest BCUT2D eigenvalue weighted by molar-refractivity contribution is 0.0174. The summed E-state index contributed by atoms with van der Waals surface area (Å²) in [6.07, 6.45) is 6.45. The highest BCUT2D eigenvalue weighted by atomic mass is 19.3. The molecule has 1 saturated carbocycles. The van der Waals surface area contributed by atoms with Crippen LogP contribution in [0.25, 0.3) is 16.6 Å². The fourth-order valence-electron chi connectivity index (χ4n) is 6.75. The number of likely N-dealkylation sites (tertiary alicyclic amines) is 1. The minimum Gasteiger partial charge on any atom is -0.339 e. The van der Waals surface area contributed by atoms with Crippen LogP contribution in [0, 0.1) is 12.8 Å². The Balaban J connectivity index is 1.21. The van der Waals surface area contributed by atoms with Crippen molar-refractivity contribution in [3.8, 4) is 0 Å². The Hall–Kier alpha value is -4.13. The van der Waals surface area contributed by atoms with Gasteiger partial charge in [-0.3, -0.25) is 9.36 Å². The molecule has 7 heteroatoms. The van der Waals surface area contributed by atoms with Crippen LogP contribution in [0.2, 0.25) is 0 Å². The number of aryl methyl sites for hydroxylation is 1. The summed E-state index contributed by atoms with van der Waals surface area (Å²) >= 11 is 0. The molecule has 0 radical (unpaired) electrons. The van der Waals surface area contributed by atoms with Crippen LogP contribution in [0.4, 0.5) is 13.2 Å². The third-order valence-electron chi connectivity index (χ3n) is 9.44. The average molecular weight is 626 g/mol. The number of hydrogen-bond acceptors (Lipinski definition) is 2. The van der Waals surface area contributed by atoms with Crippen LogP contribution in [0.15, 0.2) is 85.0 Å². The molecule has 46 heavy (non-hydrogen) atoms. The summed E-state index contributed by atoms with van der Waals surface area (Å²) < 4.78 is 45.0. The van der Waals surface area contributed by atoms with Gasteiger partial charge in [0.05, 0.1) is 11.0 Å². The molecule has 1 saturated heterocycles. The second-order valence-electron chi connectivity index (χ2n) is 13.2. The van der Waals surface area contributed by atoms with Crippen LogP contribution in [-0.4, -0.2) is 33.4 Å². The number of rotatable bonds is 10. The van der Waals surface area contributed by atoms with Crippen LogP contribution >= 0.6 is 0 Å². The number of para-hydroxylation sites is 2. The van der Waals surface area contributed by atoms with E-state index >= 15 is 0 Å². The van der Waals surface area contributed by atoms with Gasteiger partial charge in [0.15, 0.2) is 6.30 Å². The second kappa shape index (κ2) is 12.9. The van der Waals surface area contributed by atoms with Gasteiger partial charge in [0.2, 0.25) is 0 Å². The van der Waals surface area contributed by atoms with Crippen molar-refractivity contribution >= 4 is 22.5 Å².